The molecule has 0 aromatic heterocycles. The molecule has 23 heavy (non-hydrogen) atoms. The van der Waals surface area contributed by atoms with E-state index in [2.05, 4.69) is 4.72 Å². The van der Waals surface area contributed by atoms with Gasteiger partial charge >= 0.3 is 0 Å². The van der Waals surface area contributed by atoms with Crippen molar-refractivity contribution < 1.29 is 17.2 Å². The van der Waals surface area contributed by atoms with Crippen LogP contribution in [0, 0.1) is 6.92 Å². The minimum atomic E-state index is -3.68. The lowest BCUT2D eigenvalue weighted by Gasteiger charge is -2.35. The van der Waals surface area contributed by atoms with Crippen LogP contribution in [0.25, 0.3) is 0 Å². The van der Waals surface area contributed by atoms with Crippen molar-refractivity contribution in [2.24, 2.45) is 0 Å². The van der Waals surface area contributed by atoms with Crippen LogP contribution in [0.2, 0.25) is 0 Å². The standard InChI is InChI=1S/C17H17F2NO2S/c1-12-5-7-16(8-6-12)23(21,22)20-15-4-2-3-13(9-15)14-10-17(18,19)11-14/h2-9,14,20H,10-11H2,1H3. The molecule has 1 fully saturated rings. The van der Waals surface area contributed by atoms with Crippen LogP contribution in [0.1, 0.15) is 29.9 Å². The van der Waals surface area contributed by atoms with Gasteiger partial charge in [0, 0.05) is 18.5 Å². The molecule has 2 aromatic rings. The van der Waals surface area contributed by atoms with Crippen molar-refractivity contribution in [3.8, 4) is 0 Å². The van der Waals surface area contributed by atoms with Crippen LogP contribution in [-0.2, 0) is 10.0 Å². The van der Waals surface area contributed by atoms with Crippen molar-refractivity contribution >= 4 is 15.7 Å². The minimum Gasteiger partial charge on any atom is -0.280 e. The fourth-order valence-corrected chi connectivity index (χ4v) is 3.73. The van der Waals surface area contributed by atoms with Gasteiger partial charge in [0.15, 0.2) is 0 Å². The number of alkyl halides is 2. The highest BCUT2D eigenvalue weighted by atomic mass is 32.2. The largest absolute Gasteiger partial charge is 0.280 e. The molecule has 0 radical (unpaired) electrons. The summed E-state index contributed by atoms with van der Waals surface area (Å²) >= 11 is 0. The normalized spacial score (nSPS) is 17.5. The van der Waals surface area contributed by atoms with Gasteiger partial charge in [-0.3, -0.25) is 4.72 Å². The fraction of sp³-hybridized carbons (Fsp3) is 0.294. The molecule has 1 N–H and O–H groups in total. The number of sulfonamides is 1. The zero-order valence-electron chi connectivity index (χ0n) is 12.6. The number of nitrogens with one attached hydrogen (secondary N) is 1. The molecule has 0 aliphatic heterocycles. The lowest BCUT2D eigenvalue weighted by Crippen LogP contribution is -2.33. The highest BCUT2D eigenvalue weighted by Gasteiger charge is 2.45. The molecule has 1 aliphatic carbocycles. The number of anilines is 1. The van der Waals surface area contributed by atoms with Crippen LogP contribution < -0.4 is 4.72 Å². The van der Waals surface area contributed by atoms with E-state index in [-0.39, 0.29) is 23.7 Å². The molecule has 122 valence electrons. The SMILES string of the molecule is Cc1ccc(S(=O)(=O)Nc2cccc(C3CC(F)(F)C3)c2)cc1. The first-order valence-corrected chi connectivity index (χ1v) is 8.81. The highest BCUT2D eigenvalue weighted by molar-refractivity contribution is 7.92. The van der Waals surface area contributed by atoms with Crippen molar-refractivity contribution in [2.45, 2.75) is 36.5 Å². The molecule has 0 atom stereocenters. The zero-order valence-corrected chi connectivity index (χ0v) is 13.4. The number of hydrogen-bond donors (Lipinski definition) is 1. The molecule has 0 bridgehead atoms. The van der Waals surface area contributed by atoms with Gasteiger partial charge in [-0.15, -0.1) is 0 Å². The topological polar surface area (TPSA) is 46.2 Å². The van der Waals surface area contributed by atoms with Gasteiger partial charge < -0.3 is 0 Å². The Labute approximate surface area is 134 Å². The quantitative estimate of drug-likeness (QED) is 0.904. The van der Waals surface area contributed by atoms with Crippen LogP contribution in [0.5, 0.6) is 0 Å². The van der Waals surface area contributed by atoms with E-state index in [0.717, 1.165) is 11.1 Å². The van der Waals surface area contributed by atoms with Crippen LogP contribution in [0.15, 0.2) is 53.4 Å². The predicted molar refractivity (Wildman–Crippen MR) is 85.4 cm³/mol. The average Bonchev–Trinajstić information content (AvgIpc) is 2.45. The van der Waals surface area contributed by atoms with Gasteiger partial charge in [-0.1, -0.05) is 29.8 Å². The molecule has 0 unspecified atom stereocenters. The maximum atomic E-state index is 13.0. The fourth-order valence-electron chi connectivity index (χ4n) is 2.68. The Balaban J connectivity index is 1.79. The highest BCUT2D eigenvalue weighted by Crippen LogP contribution is 2.48. The first-order valence-electron chi connectivity index (χ1n) is 7.32. The van der Waals surface area contributed by atoms with Gasteiger partial charge in [-0.25, -0.2) is 17.2 Å². The third-order valence-corrected chi connectivity index (χ3v) is 5.43. The summed E-state index contributed by atoms with van der Waals surface area (Å²) in [7, 11) is -3.68. The molecule has 3 nitrogen and oxygen atoms in total. The van der Waals surface area contributed by atoms with Gasteiger partial charge in [0.25, 0.3) is 10.0 Å². The molecule has 1 saturated carbocycles. The van der Waals surface area contributed by atoms with E-state index in [1.165, 1.54) is 12.1 Å². The second kappa shape index (κ2) is 5.60. The maximum Gasteiger partial charge on any atom is 0.261 e. The summed E-state index contributed by atoms with van der Waals surface area (Å²) in [6, 6.07) is 13.2. The molecule has 0 amide bonds. The Kier molecular flexibility index (Phi) is 3.88. The summed E-state index contributed by atoms with van der Waals surface area (Å²) in [5.41, 5.74) is 2.09. The predicted octanol–water partition coefficient (Wildman–Crippen LogP) is 4.31. The van der Waals surface area contributed by atoms with E-state index in [4.69, 9.17) is 0 Å². The van der Waals surface area contributed by atoms with Crippen LogP contribution in [-0.4, -0.2) is 14.3 Å². The molecule has 0 spiro atoms. The number of rotatable bonds is 4. The van der Waals surface area contributed by atoms with Gasteiger partial charge in [-0.2, -0.15) is 0 Å². The lowest BCUT2D eigenvalue weighted by molar-refractivity contribution is -0.0867. The first kappa shape index (κ1) is 15.9. The third-order valence-electron chi connectivity index (χ3n) is 4.03. The van der Waals surface area contributed by atoms with Gasteiger partial charge in [0.05, 0.1) is 4.90 Å². The van der Waals surface area contributed by atoms with E-state index in [1.54, 1.807) is 36.4 Å². The minimum absolute atomic E-state index is 0.170. The molecule has 6 heteroatoms. The van der Waals surface area contributed by atoms with Crippen molar-refractivity contribution in [1.82, 2.24) is 0 Å². The maximum absolute atomic E-state index is 13.0. The lowest BCUT2D eigenvalue weighted by atomic mass is 9.77. The molecule has 1 aliphatic rings. The van der Waals surface area contributed by atoms with E-state index < -0.39 is 15.9 Å². The summed E-state index contributed by atoms with van der Waals surface area (Å²) in [4.78, 5) is 0.170. The Morgan fingerprint density at radius 1 is 1.09 bits per heavy atom. The van der Waals surface area contributed by atoms with Gasteiger partial charge in [0.2, 0.25) is 5.92 Å². The van der Waals surface area contributed by atoms with Crippen LogP contribution in [0.4, 0.5) is 14.5 Å². The van der Waals surface area contributed by atoms with Crippen molar-refractivity contribution in [2.75, 3.05) is 4.72 Å². The number of hydrogen-bond acceptors (Lipinski definition) is 2. The summed E-state index contributed by atoms with van der Waals surface area (Å²) in [5, 5.41) is 0. The molecular formula is C17H17F2NO2S. The number of halogens is 2. The Hall–Kier alpha value is -1.95. The molecule has 0 saturated heterocycles. The average molecular weight is 337 g/mol. The van der Waals surface area contributed by atoms with Crippen molar-refractivity contribution in [3.63, 3.8) is 0 Å². The Morgan fingerprint density at radius 3 is 2.35 bits per heavy atom. The van der Waals surface area contributed by atoms with Gasteiger partial charge in [-0.05, 0) is 42.7 Å². The zero-order chi connectivity index (χ0) is 16.7. The summed E-state index contributed by atoms with van der Waals surface area (Å²) in [5.74, 6) is -2.81. The number of benzene rings is 2. The third kappa shape index (κ3) is 3.52. The summed E-state index contributed by atoms with van der Waals surface area (Å²) in [6.07, 6.45) is -0.359. The summed E-state index contributed by atoms with van der Waals surface area (Å²) in [6.45, 7) is 1.88. The van der Waals surface area contributed by atoms with E-state index in [0.29, 0.717) is 5.69 Å². The van der Waals surface area contributed by atoms with E-state index >= 15 is 0 Å². The monoisotopic (exact) mass is 337 g/mol. The van der Waals surface area contributed by atoms with E-state index in [1.807, 2.05) is 6.92 Å². The molecule has 2 aromatic carbocycles. The van der Waals surface area contributed by atoms with Gasteiger partial charge in [0.1, 0.15) is 0 Å². The smallest absolute Gasteiger partial charge is 0.261 e. The Bertz CT molecular complexity index is 809. The van der Waals surface area contributed by atoms with Crippen molar-refractivity contribution in [3.05, 3.63) is 59.7 Å². The molecule has 0 heterocycles. The second-order valence-corrected chi connectivity index (χ2v) is 7.69. The number of aryl methyl sites for hydroxylation is 1. The molecular weight excluding hydrogens is 320 g/mol. The van der Waals surface area contributed by atoms with Crippen LogP contribution in [0.3, 0.4) is 0 Å². The first-order chi connectivity index (χ1) is 10.8. The summed E-state index contributed by atoms with van der Waals surface area (Å²) < 4.78 is 53.2. The Morgan fingerprint density at radius 2 is 1.74 bits per heavy atom. The van der Waals surface area contributed by atoms with Crippen LogP contribution >= 0.6 is 0 Å². The van der Waals surface area contributed by atoms with E-state index in [9.17, 15) is 17.2 Å². The molecule has 3 rings (SSSR count). The second-order valence-electron chi connectivity index (χ2n) is 6.01. The van der Waals surface area contributed by atoms with Crippen molar-refractivity contribution in [1.29, 1.82) is 0 Å².